The molecule has 19 heavy (non-hydrogen) atoms. The van der Waals surface area contributed by atoms with Crippen molar-refractivity contribution in [3.63, 3.8) is 0 Å². The summed E-state index contributed by atoms with van der Waals surface area (Å²) in [5.74, 6) is 0.859. The van der Waals surface area contributed by atoms with Crippen LogP contribution in [0.4, 0.5) is 5.69 Å². The SMILES string of the molecule is O=[N+]([O-])c1ccc2c(c1)[C@@]13CCN[C@H](CC[C@H]1O2)C3. The van der Waals surface area contributed by atoms with Gasteiger partial charge in [-0.2, -0.15) is 0 Å². The van der Waals surface area contributed by atoms with Crippen molar-refractivity contribution in [1.29, 1.82) is 0 Å². The number of ether oxygens (including phenoxy) is 1. The minimum absolute atomic E-state index is 0.00944. The summed E-state index contributed by atoms with van der Waals surface area (Å²) in [7, 11) is 0. The van der Waals surface area contributed by atoms with Crippen LogP contribution in [0.15, 0.2) is 18.2 Å². The maximum absolute atomic E-state index is 11.0. The third kappa shape index (κ3) is 1.45. The molecule has 1 aromatic carbocycles. The molecule has 3 atom stereocenters. The van der Waals surface area contributed by atoms with E-state index in [0.29, 0.717) is 6.04 Å². The largest absolute Gasteiger partial charge is 0.489 e. The van der Waals surface area contributed by atoms with Gasteiger partial charge in [0.15, 0.2) is 0 Å². The molecule has 5 heteroatoms. The van der Waals surface area contributed by atoms with Crippen LogP contribution >= 0.6 is 0 Å². The maximum atomic E-state index is 11.0. The van der Waals surface area contributed by atoms with Crippen LogP contribution in [0, 0.1) is 10.1 Å². The molecule has 5 nitrogen and oxygen atoms in total. The highest BCUT2D eigenvalue weighted by atomic mass is 16.6. The summed E-state index contributed by atoms with van der Waals surface area (Å²) in [6.45, 7) is 0.979. The lowest BCUT2D eigenvalue weighted by molar-refractivity contribution is -0.385. The first-order valence-corrected chi connectivity index (χ1v) is 6.88. The van der Waals surface area contributed by atoms with Crippen molar-refractivity contribution in [2.45, 2.75) is 43.2 Å². The second-order valence-corrected chi connectivity index (χ2v) is 5.88. The van der Waals surface area contributed by atoms with Crippen LogP contribution in [0.25, 0.3) is 0 Å². The van der Waals surface area contributed by atoms with Gasteiger partial charge in [0.05, 0.1) is 4.92 Å². The van der Waals surface area contributed by atoms with Crippen LogP contribution < -0.4 is 10.1 Å². The van der Waals surface area contributed by atoms with Gasteiger partial charge in [0, 0.05) is 29.2 Å². The fourth-order valence-corrected chi connectivity index (χ4v) is 4.11. The number of rotatable bonds is 1. The quantitative estimate of drug-likeness (QED) is 0.620. The summed E-state index contributed by atoms with van der Waals surface area (Å²) in [5.41, 5.74) is 1.26. The van der Waals surface area contributed by atoms with Gasteiger partial charge in [0.1, 0.15) is 11.9 Å². The van der Waals surface area contributed by atoms with Gasteiger partial charge in [-0.15, -0.1) is 0 Å². The lowest BCUT2D eigenvalue weighted by Gasteiger charge is -2.46. The van der Waals surface area contributed by atoms with Gasteiger partial charge in [-0.25, -0.2) is 0 Å². The van der Waals surface area contributed by atoms with Crippen molar-refractivity contribution in [1.82, 2.24) is 5.32 Å². The normalized spacial score (nSPS) is 35.2. The Bertz CT molecular complexity index is 560. The minimum atomic E-state index is -0.314. The van der Waals surface area contributed by atoms with Gasteiger partial charge >= 0.3 is 0 Å². The van der Waals surface area contributed by atoms with Gasteiger partial charge in [0.2, 0.25) is 0 Å². The Hall–Kier alpha value is -1.62. The second kappa shape index (κ2) is 3.70. The number of nitro benzene ring substituents is 1. The van der Waals surface area contributed by atoms with E-state index in [-0.39, 0.29) is 22.1 Å². The van der Waals surface area contributed by atoms with Crippen molar-refractivity contribution < 1.29 is 9.66 Å². The van der Waals surface area contributed by atoms with Crippen molar-refractivity contribution in [3.05, 3.63) is 33.9 Å². The van der Waals surface area contributed by atoms with Gasteiger partial charge in [-0.05, 0) is 38.3 Å². The molecule has 0 unspecified atom stereocenters. The van der Waals surface area contributed by atoms with Crippen molar-refractivity contribution in [2.24, 2.45) is 0 Å². The molecule has 1 spiro atoms. The Kier molecular flexibility index (Phi) is 2.18. The summed E-state index contributed by atoms with van der Waals surface area (Å²) in [6, 6.07) is 5.60. The second-order valence-electron chi connectivity index (χ2n) is 5.88. The zero-order valence-electron chi connectivity index (χ0n) is 10.6. The monoisotopic (exact) mass is 260 g/mol. The molecule has 0 radical (unpaired) electrons. The maximum Gasteiger partial charge on any atom is 0.269 e. The lowest BCUT2D eigenvalue weighted by Crippen LogP contribution is -2.55. The fraction of sp³-hybridized carbons (Fsp3) is 0.571. The van der Waals surface area contributed by atoms with Crippen LogP contribution in [0.3, 0.4) is 0 Å². The van der Waals surface area contributed by atoms with E-state index >= 15 is 0 Å². The summed E-state index contributed by atoms with van der Waals surface area (Å²) in [4.78, 5) is 10.7. The molecule has 1 aliphatic carbocycles. The van der Waals surface area contributed by atoms with Gasteiger partial charge < -0.3 is 10.1 Å². The third-order valence-electron chi connectivity index (χ3n) is 4.99. The van der Waals surface area contributed by atoms with Crippen LogP contribution in [-0.4, -0.2) is 23.6 Å². The average molecular weight is 260 g/mol. The number of non-ortho nitro benzene ring substituents is 1. The van der Waals surface area contributed by atoms with E-state index in [9.17, 15) is 10.1 Å². The molecule has 1 aromatic rings. The summed E-state index contributed by atoms with van der Waals surface area (Å²) >= 11 is 0. The van der Waals surface area contributed by atoms with Gasteiger partial charge in [-0.1, -0.05) is 0 Å². The topological polar surface area (TPSA) is 64.4 Å². The molecule has 0 amide bonds. The molecule has 0 aromatic heterocycles. The first-order chi connectivity index (χ1) is 9.19. The van der Waals surface area contributed by atoms with E-state index in [1.807, 2.05) is 0 Å². The molecule has 3 aliphatic rings. The number of benzene rings is 1. The first-order valence-electron chi connectivity index (χ1n) is 6.88. The zero-order chi connectivity index (χ0) is 13.0. The minimum Gasteiger partial charge on any atom is -0.489 e. The summed E-state index contributed by atoms with van der Waals surface area (Å²) in [6.07, 6.45) is 4.46. The molecule has 2 fully saturated rings. The molecule has 2 heterocycles. The first kappa shape index (κ1) is 11.2. The van der Waals surface area contributed by atoms with Crippen LogP contribution in [0.1, 0.15) is 31.2 Å². The average Bonchev–Trinajstić information content (AvgIpc) is 2.71. The van der Waals surface area contributed by atoms with E-state index in [2.05, 4.69) is 5.32 Å². The lowest BCUT2D eigenvalue weighted by atomic mass is 9.63. The fourth-order valence-electron chi connectivity index (χ4n) is 4.11. The Balaban J connectivity index is 1.84. The molecule has 4 rings (SSSR count). The number of nitrogens with zero attached hydrogens (tertiary/aromatic N) is 1. The smallest absolute Gasteiger partial charge is 0.269 e. The number of hydrogen-bond acceptors (Lipinski definition) is 4. The van der Waals surface area contributed by atoms with E-state index in [1.165, 1.54) is 0 Å². The molecule has 2 bridgehead atoms. The molecule has 2 aliphatic heterocycles. The van der Waals surface area contributed by atoms with E-state index in [0.717, 1.165) is 43.5 Å². The highest BCUT2D eigenvalue weighted by Gasteiger charge is 2.54. The summed E-state index contributed by atoms with van der Waals surface area (Å²) < 4.78 is 6.07. The van der Waals surface area contributed by atoms with Gasteiger partial charge in [-0.3, -0.25) is 10.1 Å². The molecule has 1 saturated carbocycles. The van der Waals surface area contributed by atoms with Crippen LogP contribution in [0.2, 0.25) is 0 Å². The Morgan fingerprint density at radius 2 is 2.32 bits per heavy atom. The van der Waals surface area contributed by atoms with Gasteiger partial charge in [0.25, 0.3) is 5.69 Å². The van der Waals surface area contributed by atoms with Crippen molar-refractivity contribution in [2.75, 3.05) is 6.54 Å². The number of nitro groups is 1. The Morgan fingerprint density at radius 3 is 3.16 bits per heavy atom. The highest BCUT2D eigenvalue weighted by Crippen LogP contribution is 2.54. The molecular weight excluding hydrogens is 244 g/mol. The van der Waals surface area contributed by atoms with Crippen molar-refractivity contribution >= 4 is 5.69 Å². The molecule has 100 valence electrons. The zero-order valence-corrected chi connectivity index (χ0v) is 10.6. The number of piperidine rings is 1. The number of hydrogen-bond donors (Lipinski definition) is 1. The standard InChI is InChI=1S/C14H16N2O3/c17-16(18)10-2-3-12-11(7-10)14-5-6-15-9(8-14)1-4-13(14)19-12/h2-3,7,9,13,15H,1,4-6,8H2/t9-,13-,14+/m1/s1. The molecule has 1 N–H and O–H groups in total. The van der Waals surface area contributed by atoms with Crippen LogP contribution in [-0.2, 0) is 5.41 Å². The van der Waals surface area contributed by atoms with E-state index in [4.69, 9.17) is 4.74 Å². The van der Waals surface area contributed by atoms with Crippen LogP contribution in [0.5, 0.6) is 5.75 Å². The van der Waals surface area contributed by atoms with Crippen molar-refractivity contribution in [3.8, 4) is 5.75 Å². The molecule has 1 saturated heterocycles. The third-order valence-corrected chi connectivity index (χ3v) is 4.99. The predicted octanol–water partition coefficient (Wildman–Crippen LogP) is 2.14. The summed E-state index contributed by atoms with van der Waals surface area (Å²) in [5, 5.41) is 14.5. The predicted molar refractivity (Wildman–Crippen MR) is 69.4 cm³/mol. The van der Waals surface area contributed by atoms with E-state index in [1.54, 1.807) is 18.2 Å². The Morgan fingerprint density at radius 1 is 1.42 bits per heavy atom. The Labute approximate surface area is 111 Å². The molecular formula is C14H16N2O3. The number of fused-ring (bicyclic) bond motifs is 2. The number of nitrogens with one attached hydrogen (secondary N) is 1. The van der Waals surface area contributed by atoms with E-state index < -0.39 is 0 Å². The highest BCUT2D eigenvalue weighted by molar-refractivity contribution is 5.52.